The van der Waals surface area contributed by atoms with E-state index in [1.165, 1.54) is 6.26 Å². The molecule has 0 aliphatic rings. The van der Waals surface area contributed by atoms with E-state index >= 15 is 0 Å². The fourth-order valence-corrected chi connectivity index (χ4v) is 2.03. The number of hydrogen-bond acceptors (Lipinski definition) is 3. The maximum absolute atomic E-state index is 11.9. The van der Waals surface area contributed by atoms with Crippen molar-refractivity contribution in [2.24, 2.45) is 0 Å². The summed E-state index contributed by atoms with van der Waals surface area (Å²) in [5.74, 6) is -0.0410. The van der Waals surface area contributed by atoms with E-state index < -0.39 is 0 Å². The van der Waals surface area contributed by atoms with Crippen molar-refractivity contribution in [3.05, 3.63) is 53.5 Å². The Bertz CT molecular complexity index is 648. The second-order valence-corrected chi connectivity index (χ2v) is 5.20. The Balaban J connectivity index is 1.72. The number of aryl methyl sites for hydroxylation is 2. The highest BCUT2D eigenvalue weighted by Crippen LogP contribution is 2.16. The van der Waals surface area contributed by atoms with Gasteiger partial charge in [0.05, 0.1) is 6.26 Å². The average Bonchev–Trinajstić information content (AvgIpc) is 3.01. The molecule has 0 unspecified atom stereocenters. The third-order valence-electron chi connectivity index (χ3n) is 3.28. The zero-order valence-corrected chi connectivity index (χ0v) is 12.8. The van der Waals surface area contributed by atoms with Gasteiger partial charge in [-0.25, -0.2) is 0 Å². The molecule has 0 radical (unpaired) electrons. The summed E-state index contributed by atoms with van der Waals surface area (Å²) in [6, 6.07) is 9.20. The Morgan fingerprint density at radius 2 is 2.00 bits per heavy atom. The second-order valence-electron chi connectivity index (χ2n) is 5.20. The molecule has 22 heavy (non-hydrogen) atoms. The molecule has 0 spiro atoms. The number of furan rings is 1. The van der Waals surface area contributed by atoms with Crippen LogP contribution in [-0.4, -0.2) is 18.4 Å². The fourth-order valence-electron chi connectivity index (χ4n) is 2.03. The van der Waals surface area contributed by atoms with Gasteiger partial charge in [0.1, 0.15) is 0 Å². The molecule has 1 heterocycles. The van der Waals surface area contributed by atoms with Crippen molar-refractivity contribution in [3.63, 3.8) is 0 Å². The van der Waals surface area contributed by atoms with Crippen molar-refractivity contribution in [1.82, 2.24) is 5.32 Å². The molecule has 0 saturated heterocycles. The maximum atomic E-state index is 11.9. The highest BCUT2D eigenvalue weighted by Gasteiger charge is 2.08. The Labute approximate surface area is 129 Å². The van der Waals surface area contributed by atoms with Gasteiger partial charge in [-0.3, -0.25) is 9.59 Å². The Morgan fingerprint density at radius 3 is 2.73 bits per heavy atom. The van der Waals surface area contributed by atoms with Gasteiger partial charge >= 0.3 is 0 Å². The first kappa shape index (κ1) is 15.8. The van der Waals surface area contributed by atoms with Crippen LogP contribution in [0, 0.1) is 13.8 Å². The molecular formula is C17H20N2O3. The Kier molecular flexibility index (Phi) is 5.36. The molecule has 5 heteroatoms. The van der Waals surface area contributed by atoms with Crippen LogP contribution in [0.3, 0.4) is 0 Å². The van der Waals surface area contributed by atoms with Gasteiger partial charge in [0.25, 0.3) is 5.91 Å². The number of anilines is 1. The summed E-state index contributed by atoms with van der Waals surface area (Å²) < 4.78 is 4.99. The molecule has 0 fully saturated rings. The molecule has 2 N–H and O–H groups in total. The molecule has 0 saturated carbocycles. The van der Waals surface area contributed by atoms with Gasteiger partial charge in [-0.15, -0.1) is 0 Å². The lowest BCUT2D eigenvalue weighted by atomic mass is 10.1. The van der Waals surface area contributed by atoms with Crippen LogP contribution in [0.2, 0.25) is 0 Å². The number of carbonyl (C=O) groups excluding carboxylic acids is 2. The zero-order valence-electron chi connectivity index (χ0n) is 12.8. The topological polar surface area (TPSA) is 71.3 Å². The summed E-state index contributed by atoms with van der Waals surface area (Å²) in [7, 11) is 0. The van der Waals surface area contributed by atoms with Gasteiger partial charge in [-0.2, -0.15) is 0 Å². The van der Waals surface area contributed by atoms with Gasteiger partial charge < -0.3 is 15.1 Å². The summed E-state index contributed by atoms with van der Waals surface area (Å²) in [4.78, 5) is 23.5. The molecule has 2 aromatic rings. The lowest BCUT2D eigenvalue weighted by molar-refractivity contribution is -0.116. The molecule has 0 bridgehead atoms. The summed E-state index contributed by atoms with van der Waals surface area (Å²) >= 11 is 0. The second kappa shape index (κ2) is 7.45. The predicted octanol–water partition coefficient (Wildman–Crippen LogP) is 3.05. The maximum Gasteiger partial charge on any atom is 0.286 e. The van der Waals surface area contributed by atoms with Gasteiger partial charge in [0.2, 0.25) is 5.91 Å². The minimum absolute atomic E-state index is 0.0547. The molecule has 116 valence electrons. The number of benzene rings is 1. The zero-order chi connectivity index (χ0) is 15.9. The standard InChI is InChI=1S/C17H20N2O3/c1-12-7-8-13(2)14(11-12)19-16(20)6-3-9-18-17(21)15-5-4-10-22-15/h4-5,7-8,10-11H,3,6,9H2,1-2H3,(H,18,21)(H,19,20). The number of nitrogens with one attached hydrogen (secondary N) is 2. The summed E-state index contributed by atoms with van der Waals surface area (Å²) in [5.41, 5.74) is 2.97. The lowest BCUT2D eigenvalue weighted by Crippen LogP contribution is -2.25. The van der Waals surface area contributed by atoms with Crippen molar-refractivity contribution < 1.29 is 14.0 Å². The minimum atomic E-state index is -0.264. The van der Waals surface area contributed by atoms with Crippen LogP contribution in [0.15, 0.2) is 41.0 Å². The van der Waals surface area contributed by atoms with E-state index in [0.29, 0.717) is 19.4 Å². The smallest absolute Gasteiger partial charge is 0.286 e. The molecule has 0 aliphatic heterocycles. The van der Waals surface area contributed by atoms with E-state index in [9.17, 15) is 9.59 Å². The van der Waals surface area contributed by atoms with E-state index in [4.69, 9.17) is 4.42 Å². The minimum Gasteiger partial charge on any atom is -0.459 e. The van der Waals surface area contributed by atoms with Gasteiger partial charge in [-0.05, 0) is 49.6 Å². The molecule has 5 nitrogen and oxygen atoms in total. The number of rotatable bonds is 6. The van der Waals surface area contributed by atoms with Gasteiger partial charge in [0, 0.05) is 18.7 Å². The quantitative estimate of drug-likeness (QED) is 0.805. The first-order valence-corrected chi connectivity index (χ1v) is 7.25. The molecule has 2 rings (SSSR count). The van der Waals surface area contributed by atoms with E-state index in [2.05, 4.69) is 10.6 Å². The van der Waals surface area contributed by atoms with E-state index in [1.54, 1.807) is 12.1 Å². The first-order valence-electron chi connectivity index (χ1n) is 7.25. The van der Waals surface area contributed by atoms with Crippen LogP contribution in [0.1, 0.15) is 34.5 Å². The monoisotopic (exact) mass is 300 g/mol. The molecule has 1 aromatic heterocycles. The first-order chi connectivity index (χ1) is 10.6. The van der Waals surface area contributed by atoms with Crippen LogP contribution in [0.25, 0.3) is 0 Å². The lowest BCUT2D eigenvalue weighted by Gasteiger charge is -2.09. The van der Waals surface area contributed by atoms with Crippen molar-refractivity contribution in [3.8, 4) is 0 Å². The van der Waals surface area contributed by atoms with E-state index in [0.717, 1.165) is 16.8 Å². The SMILES string of the molecule is Cc1ccc(C)c(NC(=O)CCCNC(=O)c2ccco2)c1. The highest BCUT2D eigenvalue weighted by atomic mass is 16.3. The largest absolute Gasteiger partial charge is 0.459 e. The Hall–Kier alpha value is -2.56. The number of amides is 2. The van der Waals surface area contributed by atoms with Crippen molar-refractivity contribution >= 4 is 17.5 Å². The normalized spacial score (nSPS) is 10.3. The van der Waals surface area contributed by atoms with Gasteiger partial charge in [0.15, 0.2) is 5.76 Å². The third kappa shape index (κ3) is 4.48. The number of hydrogen-bond donors (Lipinski definition) is 2. The molecule has 0 atom stereocenters. The van der Waals surface area contributed by atoms with Crippen LogP contribution in [-0.2, 0) is 4.79 Å². The van der Waals surface area contributed by atoms with Crippen LogP contribution >= 0.6 is 0 Å². The van der Waals surface area contributed by atoms with E-state index in [-0.39, 0.29) is 17.6 Å². The fraction of sp³-hybridized carbons (Fsp3) is 0.294. The number of carbonyl (C=O) groups is 2. The van der Waals surface area contributed by atoms with Crippen molar-refractivity contribution in [1.29, 1.82) is 0 Å². The molecule has 1 aromatic carbocycles. The molecule has 0 aliphatic carbocycles. The average molecular weight is 300 g/mol. The molecule has 2 amide bonds. The van der Waals surface area contributed by atoms with Crippen molar-refractivity contribution in [2.45, 2.75) is 26.7 Å². The van der Waals surface area contributed by atoms with Crippen LogP contribution < -0.4 is 10.6 Å². The highest BCUT2D eigenvalue weighted by molar-refractivity contribution is 5.92. The van der Waals surface area contributed by atoms with Crippen molar-refractivity contribution in [2.75, 3.05) is 11.9 Å². The summed E-state index contributed by atoms with van der Waals surface area (Å²) in [5, 5.41) is 5.61. The van der Waals surface area contributed by atoms with Crippen LogP contribution in [0.5, 0.6) is 0 Å². The Morgan fingerprint density at radius 1 is 1.18 bits per heavy atom. The van der Waals surface area contributed by atoms with Crippen LogP contribution in [0.4, 0.5) is 5.69 Å². The third-order valence-corrected chi connectivity index (χ3v) is 3.28. The van der Waals surface area contributed by atoms with Gasteiger partial charge in [-0.1, -0.05) is 12.1 Å². The van der Waals surface area contributed by atoms with E-state index in [1.807, 2.05) is 32.0 Å². The molecular weight excluding hydrogens is 280 g/mol. The summed E-state index contributed by atoms with van der Waals surface area (Å²) in [6.07, 6.45) is 2.38. The predicted molar refractivity (Wildman–Crippen MR) is 84.8 cm³/mol. The summed E-state index contributed by atoms with van der Waals surface area (Å²) in [6.45, 7) is 4.37.